The minimum absolute atomic E-state index is 0.219. The van der Waals surface area contributed by atoms with E-state index >= 15 is 0 Å². The van der Waals surface area contributed by atoms with Crippen molar-refractivity contribution < 1.29 is 9.53 Å². The fraction of sp³-hybridized carbons (Fsp3) is 0.417. The maximum Gasteiger partial charge on any atom is 0.252 e. The van der Waals surface area contributed by atoms with Gasteiger partial charge in [-0.05, 0) is 24.6 Å². The molecule has 0 heterocycles. The van der Waals surface area contributed by atoms with Gasteiger partial charge in [-0.25, -0.2) is 0 Å². The minimum atomic E-state index is -0.219. The van der Waals surface area contributed by atoms with Crippen molar-refractivity contribution in [3.8, 4) is 0 Å². The predicted molar refractivity (Wildman–Crippen MR) is 78.0 cm³/mol. The van der Waals surface area contributed by atoms with Gasteiger partial charge in [-0.2, -0.15) is 0 Å². The van der Waals surface area contributed by atoms with E-state index in [1.54, 1.807) is 18.2 Å². The Hall–Kier alpha value is -0.290. The fourth-order valence-electron chi connectivity index (χ4n) is 1.30. The number of halogens is 3. The molecule has 0 bridgehead atoms. The molecule has 0 saturated heterocycles. The summed E-state index contributed by atoms with van der Waals surface area (Å²) < 4.78 is 5.27. The number of amides is 1. The van der Waals surface area contributed by atoms with Gasteiger partial charge < -0.3 is 10.1 Å². The molecule has 0 radical (unpaired) electrons. The SMILES string of the molecule is O=C(NCCCOCCBr)c1cc(Cl)ccc1Cl. The quantitative estimate of drug-likeness (QED) is 0.601. The molecule has 1 aromatic rings. The van der Waals surface area contributed by atoms with Crippen LogP contribution in [0.1, 0.15) is 16.8 Å². The first-order chi connectivity index (χ1) is 8.65. The molecule has 0 spiro atoms. The third kappa shape index (κ3) is 5.57. The first-order valence-electron chi connectivity index (χ1n) is 5.52. The van der Waals surface area contributed by atoms with E-state index in [2.05, 4.69) is 21.2 Å². The summed E-state index contributed by atoms with van der Waals surface area (Å²) in [6, 6.07) is 4.81. The number of carbonyl (C=O) groups is 1. The van der Waals surface area contributed by atoms with Crippen molar-refractivity contribution in [3.05, 3.63) is 33.8 Å². The molecule has 18 heavy (non-hydrogen) atoms. The summed E-state index contributed by atoms with van der Waals surface area (Å²) in [5.74, 6) is -0.219. The molecule has 0 aliphatic heterocycles. The second kappa shape index (κ2) is 8.75. The first-order valence-corrected chi connectivity index (χ1v) is 7.40. The van der Waals surface area contributed by atoms with Crippen molar-refractivity contribution in [2.24, 2.45) is 0 Å². The fourth-order valence-corrected chi connectivity index (χ4v) is 1.90. The highest BCUT2D eigenvalue weighted by molar-refractivity contribution is 9.09. The lowest BCUT2D eigenvalue weighted by Crippen LogP contribution is -2.25. The van der Waals surface area contributed by atoms with Crippen LogP contribution in [0.25, 0.3) is 0 Å². The number of alkyl halides is 1. The van der Waals surface area contributed by atoms with Crippen LogP contribution in [0.15, 0.2) is 18.2 Å². The topological polar surface area (TPSA) is 38.3 Å². The zero-order valence-corrected chi connectivity index (χ0v) is 12.8. The minimum Gasteiger partial charge on any atom is -0.381 e. The molecule has 1 amide bonds. The van der Waals surface area contributed by atoms with Crippen LogP contribution in [0, 0.1) is 0 Å². The predicted octanol–water partition coefficient (Wildman–Crippen LogP) is 3.52. The molecule has 3 nitrogen and oxygen atoms in total. The molecule has 0 unspecified atom stereocenters. The highest BCUT2D eigenvalue weighted by atomic mass is 79.9. The van der Waals surface area contributed by atoms with Gasteiger partial charge in [0.2, 0.25) is 0 Å². The van der Waals surface area contributed by atoms with Crippen LogP contribution in [0.2, 0.25) is 10.0 Å². The molecular formula is C12H14BrCl2NO2. The highest BCUT2D eigenvalue weighted by Crippen LogP contribution is 2.20. The average molecular weight is 355 g/mol. The van der Waals surface area contributed by atoms with Crippen LogP contribution in [-0.4, -0.2) is 31.0 Å². The standard InChI is InChI=1S/C12H14BrCl2NO2/c13-4-7-18-6-1-5-16-12(17)10-8-9(14)2-3-11(10)15/h2-3,8H,1,4-7H2,(H,16,17). The van der Waals surface area contributed by atoms with Crippen LogP contribution in [-0.2, 0) is 4.74 Å². The second-order valence-electron chi connectivity index (χ2n) is 3.53. The summed E-state index contributed by atoms with van der Waals surface area (Å²) in [6.07, 6.45) is 0.761. The maximum atomic E-state index is 11.8. The summed E-state index contributed by atoms with van der Waals surface area (Å²) in [6.45, 7) is 1.84. The van der Waals surface area contributed by atoms with Crippen molar-refractivity contribution in [1.29, 1.82) is 0 Å². The van der Waals surface area contributed by atoms with Crippen molar-refractivity contribution in [3.63, 3.8) is 0 Å². The summed E-state index contributed by atoms with van der Waals surface area (Å²) in [5.41, 5.74) is 0.394. The van der Waals surface area contributed by atoms with E-state index < -0.39 is 0 Å². The highest BCUT2D eigenvalue weighted by Gasteiger charge is 2.09. The van der Waals surface area contributed by atoms with E-state index in [0.717, 1.165) is 11.8 Å². The summed E-state index contributed by atoms with van der Waals surface area (Å²) >= 11 is 15.0. The molecule has 0 fully saturated rings. The van der Waals surface area contributed by atoms with E-state index in [4.69, 9.17) is 27.9 Å². The third-order valence-electron chi connectivity index (χ3n) is 2.15. The van der Waals surface area contributed by atoms with Crippen molar-refractivity contribution in [2.45, 2.75) is 6.42 Å². The van der Waals surface area contributed by atoms with Crippen LogP contribution < -0.4 is 5.32 Å². The molecule has 1 aromatic carbocycles. The van der Waals surface area contributed by atoms with Gasteiger partial charge in [-0.1, -0.05) is 39.1 Å². The van der Waals surface area contributed by atoms with Crippen LogP contribution >= 0.6 is 39.1 Å². The monoisotopic (exact) mass is 353 g/mol. The van der Waals surface area contributed by atoms with Crippen molar-refractivity contribution in [2.75, 3.05) is 25.1 Å². The summed E-state index contributed by atoms with van der Waals surface area (Å²) in [7, 11) is 0. The van der Waals surface area contributed by atoms with Gasteiger partial charge in [0, 0.05) is 23.5 Å². The molecule has 100 valence electrons. The first kappa shape index (κ1) is 15.8. The molecule has 0 aromatic heterocycles. The zero-order chi connectivity index (χ0) is 13.4. The zero-order valence-electron chi connectivity index (χ0n) is 9.72. The molecule has 0 aliphatic carbocycles. The van der Waals surface area contributed by atoms with Gasteiger partial charge in [0.25, 0.3) is 5.91 Å². The number of hydrogen-bond acceptors (Lipinski definition) is 2. The second-order valence-corrected chi connectivity index (χ2v) is 5.17. The number of hydrogen-bond donors (Lipinski definition) is 1. The van der Waals surface area contributed by atoms with E-state index in [1.807, 2.05) is 0 Å². The maximum absolute atomic E-state index is 11.8. The Balaban J connectivity index is 2.34. The van der Waals surface area contributed by atoms with Crippen molar-refractivity contribution in [1.82, 2.24) is 5.32 Å². The number of nitrogens with one attached hydrogen (secondary N) is 1. The lowest BCUT2D eigenvalue weighted by Gasteiger charge is -2.07. The van der Waals surface area contributed by atoms with E-state index in [1.165, 1.54) is 0 Å². The Morgan fingerprint density at radius 2 is 2.11 bits per heavy atom. The smallest absolute Gasteiger partial charge is 0.252 e. The molecular weight excluding hydrogens is 341 g/mol. The Bertz CT molecular complexity index is 402. The molecule has 0 atom stereocenters. The number of rotatable bonds is 7. The number of ether oxygens (including phenoxy) is 1. The summed E-state index contributed by atoms with van der Waals surface area (Å²) in [5, 5.41) is 4.47. The summed E-state index contributed by atoms with van der Waals surface area (Å²) in [4.78, 5) is 11.8. The van der Waals surface area contributed by atoms with Crippen LogP contribution in [0.3, 0.4) is 0 Å². The Labute approximate surface area is 125 Å². The number of carbonyl (C=O) groups excluding carboxylic acids is 1. The Kier molecular flexibility index (Phi) is 7.66. The van der Waals surface area contributed by atoms with Gasteiger partial charge in [-0.3, -0.25) is 4.79 Å². The Morgan fingerprint density at radius 1 is 1.33 bits per heavy atom. The number of benzene rings is 1. The average Bonchev–Trinajstić information content (AvgIpc) is 2.36. The van der Waals surface area contributed by atoms with Gasteiger partial charge in [-0.15, -0.1) is 0 Å². The van der Waals surface area contributed by atoms with E-state index in [-0.39, 0.29) is 5.91 Å². The van der Waals surface area contributed by atoms with Gasteiger partial charge in [0.15, 0.2) is 0 Å². The van der Waals surface area contributed by atoms with Gasteiger partial charge in [0.05, 0.1) is 17.2 Å². The third-order valence-corrected chi connectivity index (χ3v) is 3.03. The largest absolute Gasteiger partial charge is 0.381 e. The van der Waals surface area contributed by atoms with Gasteiger partial charge in [0.1, 0.15) is 0 Å². The van der Waals surface area contributed by atoms with E-state index in [9.17, 15) is 4.79 Å². The van der Waals surface area contributed by atoms with Crippen LogP contribution in [0.5, 0.6) is 0 Å². The van der Waals surface area contributed by atoms with Crippen LogP contribution in [0.4, 0.5) is 0 Å². The molecule has 1 N–H and O–H groups in total. The van der Waals surface area contributed by atoms with Gasteiger partial charge >= 0.3 is 0 Å². The Morgan fingerprint density at radius 3 is 2.83 bits per heavy atom. The lowest BCUT2D eigenvalue weighted by atomic mass is 10.2. The molecule has 0 aliphatic rings. The molecule has 0 saturated carbocycles. The lowest BCUT2D eigenvalue weighted by molar-refractivity contribution is 0.0945. The van der Waals surface area contributed by atoms with E-state index in [0.29, 0.717) is 35.4 Å². The van der Waals surface area contributed by atoms with Crippen molar-refractivity contribution >= 4 is 45.0 Å². The normalized spacial score (nSPS) is 10.4. The molecule has 6 heteroatoms. The molecule has 1 rings (SSSR count).